The van der Waals surface area contributed by atoms with E-state index in [-0.39, 0.29) is 5.54 Å². The van der Waals surface area contributed by atoms with Crippen LogP contribution in [0.1, 0.15) is 37.0 Å². The van der Waals surface area contributed by atoms with E-state index in [0.717, 1.165) is 17.7 Å². The topological polar surface area (TPSA) is 35.2 Å². The summed E-state index contributed by atoms with van der Waals surface area (Å²) in [4.78, 5) is 0. The van der Waals surface area contributed by atoms with Crippen LogP contribution in [0.5, 0.6) is 5.75 Å². The lowest BCUT2D eigenvalue weighted by Gasteiger charge is -2.26. The van der Waals surface area contributed by atoms with Gasteiger partial charge in [0.05, 0.1) is 7.11 Å². The predicted molar refractivity (Wildman–Crippen MR) is 64.3 cm³/mol. The average Bonchev–Trinajstić information content (AvgIpc) is 2.20. The number of ether oxygens (including phenoxy) is 1. The molecule has 84 valence electrons. The summed E-state index contributed by atoms with van der Waals surface area (Å²) in [6, 6.07) is 4.20. The Balaban J connectivity index is 3.28. The van der Waals surface area contributed by atoms with Gasteiger partial charge in [-0.1, -0.05) is 13.0 Å². The first-order valence-electron chi connectivity index (χ1n) is 5.37. The van der Waals surface area contributed by atoms with Crippen LogP contribution < -0.4 is 10.5 Å². The van der Waals surface area contributed by atoms with Gasteiger partial charge in [-0.3, -0.25) is 0 Å². The van der Waals surface area contributed by atoms with Crippen LogP contribution in [0.3, 0.4) is 0 Å². The fourth-order valence-electron chi connectivity index (χ4n) is 1.82. The van der Waals surface area contributed by atoms with Gasteiger partial charge in [-0.05, 0) is 49.9 Å². The molecule has 0 aliphatic carbocycles. The smallest absolute Gasteiger partial charge is 0.122 e. The van der Waals surface area contributed by atoms with Crippen molar-refractivity contribution in [3.63, 3.8) is 0 Å². The molecule has 0 aliphatic heterocycles. The van der Waals surface area contributed by atoms with Crippen LogP contribution in [-0.4, -0.2) is 7.11 Å². The SMILES string of the molecule is CCC(C)(N)c1cc(C)c(OC)cc1C. The molecule has 0 heterocycles. The van der Waals surface area contributed by atoms with Crippen LogP contribution in [0.25, 0.3) is 0 Å². The van der Waals surface area contributed by atoms with Gasteiger partial charge in [-0.25, -0.2) is 0 Å². The summed E-state index contributed by atoms with van der Waals surface area (Å²) < 4.78 is 5.29. The van der Waals surface area contributed by atoms with Crippen LogP contribution >= 0.6 is 0 Å². The van der Waals surface area contributed by atoms with Gasteiger partial charge in [0.25, 0.3) is 0 Å². The number of nitrogens with two attached hydrogens (primary N) is 1. The molecule has 1 rings (SSSR count). The quantitative estimate of drug-likeness (QED) is 0.827. The maximum atomic E-state index is 6.26. The predicted octanol–water partition coefficient (Wildman–Crippen LogP) is 2.90. The highest BCUT2D eigenvalue weighted by Crippen LogP contribution is 2.30. The van der Waals surface area contributed by atoms with Crippen molar-refractivity contribution >= 4 is 0 Å². The van der Waals surface area contributed by atoms with Crippen LogP contribution in [0.4, 0.5) is 0 Å². The minimum absolute atomic E-state index is 0.249. The van der Waals surface area contributed by atoms with Crippen LogP contribution in [-0.2, 0) is 5.54 Å². The summed E-state index contributed by atoms with van der Waals surface area (Å²) in [7, 11) is 1.70. The fourth-order valence-corrected chi connectivity index (χ4v) is 1.82. The fraction of sp³-hybridized carbons (Fsp3) is 0.538. The molecule has 1 aromatic rings. The molecule has 0 amide bonds. The number of benzene rings is 1. The lowest BCUT2D eigenvalue weighted by molar-refractivity contribution is 0.409. The van der Waals surface area contributed by atoms with E-state index in [4.69, 9.17) is 10.5 Å². The zero-order valence-electron chi connectivity index (χ0n) is 10.3. The van der Waals surface area contributed by atoms with E-state index in [1.807, 2.05) is 6.92 Å². The molecule has 2 nitrogen and oxygen atoms in total. The third-order valence-electron chi connectivity index (χ3n) is 3.09. The van der Waals surface area contributed by atoms with Crippen molar-refractivity contribution in [2.45, 2.75) is 39.7 Å². The molecule has 1 aromatic carbocycles. The van der Waals surface area contributed by atoms with Gasteiger partial charge < -0.3 is 10.5 Å². The first-order valence-corrected chi connectivity index (χ1v) is 5.37. The highest BCUT2D eigenvalue weighted by molar-refractivity contribution is 5.44. The summed E-state index contributed by atoms with van der Waals surface area (Å²) in [5.74, 6) is 0.933. The third kappa shape index (κ3) is 2.32. The maximum absolute atomic E-state index is 6.26. The summed E-state index contributed by atoms with van der Waals surface area (Å²) in [5, 5.41) is 0. The van der Waals surface area contributed by atoms with Gasteiger partial charge in [-0.2, -0.15) is 0 Å². The number of hydrogen-bond donors (Lipinski definition) is 1. The molecule has 1 unspecified atom stereocenters. The van der Waals surface area contributed by atoms with Crippen molar-refractivity contribution in [2.75, 3.05) is 7.11 Å². The molecule has 0 bridgehead atoms. The largest absolute Gasteiger partial charge is 0.496 e. The standard InChI is InChI=1S/C13H21NO/c1-6-13(4,14)11-7-10(3)12(15-5)8-9(11)2/h7-8H,6,14H2,1-5H3. The lowest BCUT2D eigenvalue weighted by Crippen LogP contribution is -2.32. The van der Waals surface area contributed by atoms with Crippen molar-refractivity contribution in [1.29, 1.82) is 0 Å². The van der Waals surface area contributed by atoms with Gasteiger partial charge in [0.1, 0.15) is 5.75 Å². The zero-order chi connectivity index (χ0) is 11.6. The van der Waals surface area contributed by atoms with Crippen molar-refractivity contribution in [3.8, 4) is 5.75 Å². The number of aryl methyl sites for hydroxylation is 2. The Bertz CT molecular complexity index is 356. The Morgan fingerprint density at radius 3 is 2.33 bits per heavy atom. The molecular formula is C13H21NO. The summed E-state index contributed by atoms with van der Waals surface area (Å²) in [5.41, 5.74) is 9.56. The van der Waals surface area contributed by atoms with E-state index in [9.17, 15) is 0 Å². The second-order valence-corrected chi connectivity index (χ2v) is 4.41. The van der Waals surface area contributed by atoms with Crippen LogP contribution in [0.15, 0.2) is 12.1 Å². The highest BCUT2D eigenvalue weighted by atomic mass is 16.5. The Morgan fingerprint density at radius 2 is 1.87 bits per heavy atom. The monoisotopic (exact) mass is 207 g/mol. The van der Waals surface area contributed by atoms with Crippen molar-refractivity contribution in [1.82, 2.24) is 0 Å². The summed E-state index contributed by atoms with van der Waals surface area (Å²) in [6.07, 6.45) is 0.930. The van der Waals surface area contributed by atoms with Gasteiger partial charge in [-0.15, -0.1) is 0 Å². The van der Waals surface area contributed by atoms with Crippen LogP contribution in [0, 0.1) is 13.8 Å². The maximum Gasteiger partial charge on any atom is 0.122 e. The lowest BCUT2D eigenvalue weighted by atomic mass is 9.86. The molecule has 2 heteroatoms. The molecule has 0 aliphatic rings. The number of methoxy groups -OCH3 is 1. The second-order valence-electron chi connectivity index (χ2n) is 4.41. The minimum atomic E-state index is -0.249. The van der Waals surface area contributed by atoms with Gasteiger partial charge in [0, 0.05) is 5.54 Å². The van der Waals surface area contributed by atoms with E-state index < -0.39 is 0 Å². The molecule has 0 saturated heterocycles. The molecular weight excluding hydrogens is 186 g/mol. The molecule has 0 aromatic heterocycles. The Morgan fingerprint density at radius 1 is 1.27 bits per heavy atom. The summed E-state index contributed by atoms with van der Waals surface area (Å²) in [6.45, 7) is 8.31. The summed E-state index contributed by atoms with van der Waals surface area (Å²) >= 11 is 0. The van der Waals surface area contributed by atoms with Gasteiger partial charge >= 0.3 is 0 Å². The highest BCUT2D eigenvalue weighted by Gasteiger charge is 2.21. The van der Waals surface area contributed by atoms with Gasteiger partial charge in [0.15, 0.2) is 0 Å². The molecule has 1 atom stereocenters. The first-order chi connectivity index (χ1) is 6.92. The van der Waals surface area contributed by atoms with E-state index in [1.54, 1.807) is 7.11 Å². The molecule has 0 fully saturated rings. The average molecular weight is 207 g/mol. The third-order valence-corrected chi connectivity index (χ3v) is 3.09. The Hall–Kier alpha value is -1.02. The molecule has 0 saturated carbocycles. The Labute approximate surface area is 92.4 Å². The van der Waals surface area contributed by atoms with E-state index in [2.05, 4.69) is 32.9 Å². The minimum Gasteiger partial charge on any atom is -0.496 e. The van der Waals surface area contributed by atoms with Crippen molar-refractivity contribution < 1.29 is 4.74 Å². The van der Waals surface area contributed by atoms with Crippen molar-refractivity contribution in [2.24, 2.45) is 5.73 Å². The number of rotatable bonds is 3. The normalized spacial score (nSPS) is 14.8. The molecule has 2 N–H and O–H groups in total. The van der Waals surface area contributed by atoms with E-state index in [1.165, 1.54) is 11.1 Å². The van der Waals surface area contributed by atoms with E-state index >= 15 is 0 Å². The first kappa shape index (κ1) is 12.1. The van der Waals surface area contributed by atoms with Crippen LogP contribution in [0.2, 0.25) is 0 Å². The second kappa shape index (κ2) is 4.23. The van der Waals surface area contributed by atoms with E-state index in [0.29, 0.717) is 0 Å². The molecule has 15 heavy (non-hydrogen) atoms. The van der Waals surface area contributed by atoms with Crippen molar-refractivity contribution in [3.05, 3.63) is 28.8 Å². The Kier molecular flexibility index (Phi) is 3.40. The zero-order valence-corrected chi connectivity index (χ0v) is 10.3. The number of hydrogen-bond acceptors (Lipinski definition) is 2. The molecule has 0 radical (unpaired) electrons. The van der Waals surface area contributed by atoms with Gasteiger partial charge in [0.2, 0.25) is 0 Å². The molecule has 0 spiro atoms.